The molecule has 1 aromatic heterocycles. The van der Waals surface area contributed by atoms with Crippen LogP contribution in [0.2, 0.25) is 0 Å². The SMILES string of the molecule is C=C/C=C(/c1cccc(C)c1)c1oc2ccccc2c1C. The number of aryl methyl sites for hydroxylation is 2. The Morgan fingerprint density at radius 1 is 1.05 bits per heavy atom. The minimum Gasteiger partial charge on any atom is -0.456 e. The van der Waals surface area contributed by atoms with E-state index in [0.29, 0.717) is 0 Å². The lowest BCUT2D eigenvalue weighted by atomic mass is 9.98. The van der Waals surface area contributed by atoms with Gasteiger partial charge in [0.15, 0.2) is 0 Å². The van der Waals surface area contributed by atoms with Crippen LogP contribution in [0.4, 0.5) is 0 Å². The van der Waals surface area contributed by atoms with Crippen molar-refractivity contribution in [3.05, 3.63) is 89.7 Å². The molecule has 0 unspecified atom stereocenters. The van der Waals surface area contributed by atoms with Crippen LogP contribution in [0.3, 0.4) is 0 Å². The van der Waals surface area contributed by atoms with Gasteiger partial charge >= 0.3 is 0 Å². The Bertz CT molecular complexity index is 834. The molecule has 0 saturated heterocycles. The van der Waals surface area contributed by atoms with E-state index in [9.17, 15) is 0 Å². The van der Waals surface area contributed by atoms with Gasteiger partial charge in [-0.1, -0.05) is 66.8 Å². The highest BCUT2D eigenvalue weighted by Gasteiger charge is 2.15. The highest BCUT2D eigenvalue weighted by atomic mass is 16.3. The number of rotatable bonds is 3. The Balaban J connectivity index is 2.23. The van der Waals surface area contributed by atoms with Crippen molar-refractivity contribution in [1.82, 2.24) is 0 Å². The summed E-state index contributed by atoms with van der Waals surface area (Å²) in [6, 6.07) is 16.6. The van der Waals surface area contributed by atoms with Crippen LogP contribution < -0.4 is 0 Å². The molecule has 21 heavy (non-hydrogen) atoms. The molecular formula is C20H18O. The average molecular weight is 274 g/mol. The molecule has 0 N–H and O–H groups in total. The summed E-state index contributed by atoms with van der Waals surface area (Å²) in [5.74, 6) is 0.918. The molecule has 0 spiro atoms. The minimum absolute atomic E-state index is 0.918. The Kier molecular flexibility index (Phi) is 3.49. The van der Waals surface area contributed by atoms with Crippen molar-refractivity contribution in [3.63, 3.8) is 0 Å². The molecule has 1 heterocycles. The third-order valence-corrected chi connectivity index (χ3v) is 3.70. The summed E-state index contributed by atoms with van der Waals surface area (Å²) >= 11 is 0. The van der Waals surface area contributed by atoms with Crippen LogP contribution in [0.15, 0.2) is 71.7 Å². The number of hydrogen-bond acceptors (Lipinski definition) is 1. The van der Waals surface area contributed by atoms with Crippen LogP contribution in [-0.2, 0) is 0 Å². The van der Waals surface area contributed by atoms with Gasteiger partial charge in [-0.2, -0.15) is 0 Å². The molecule has 1 heteroatoms. The molecule has 0 saturated carbocycles. The van der Waals surface area contributed by atoms with Crippen LogP contribution >= 0.6 is 0 Å². The molecule has 104 valence electrons. The summed E-state index contributed by atoms with van der Waals surface area (Å²) < 4.78 is 6.09. The van der Waals surface area contributed by atoms with Gasteiger partial charge in [0.1, 0.15) is 11.3 Å². The maximum Gasteiger partial charge on any atom is 0.138 e. The Hall–Kier alpha value is -2.54. The van der Waals surface area contributed by atoms with E-state index in [1.54, 1.807) is 0 Å². The van der Waals surface area contributed by atoms with Crippen molar-refractivity contribution in [3.8, 4) is 0 Å². The van der Waals surface area contributed by atoms with E-state index in [1.165, 1.54) is 11.1 Å². The first kappa shape index (κ1) is 13.4. The molecular weight excluding hydrogens is 256 g/mol. The number of hydrogen-bond donors (Lipinski definition) is 0. The molecule has 3 aromatic rings. The van der Waals surface area contributed by atoms with E-state index >= 15 is 0 Å². The number of furan rings is 1. The second-order valence-electron chi connectivity index (χ2n) is 5.24. The van der Waals surface area contributed by atoms with Crippen LogP contribution in [0.25, 0.3) is 16.5 Å². The van der Waals surface area contributed by atoms with Gasteiger partial charge in [-0.15, -0.1) is 0 Å². The topological polar surface area (TPSA) is 13.1 Å². The molecule has 2 aromatic carbocycles. The summed E-state index contributed by atoms with van der Waals surface area (Å²) in [5.41, 5.74) is 5.54. The zero-order chi connectivity index (χ0) is 14.8. The van der Waals surface area contributed by atoms with Gasteiger partial charge in [0.2, 0.25) is 0 Å². The number of fused-ring (bicyclic) bond motifs is 1. The van der Waals surface area contributed by atoms with E-state index in [-0.39, 0.29) is 0 Å². The Morgan fingerprint density at radius 2 is 1.86 bits per heavy atom. The van der Waals surface area contributed by atoms with Crippen molar-refractivity contribution in [1.29, 1.82) is 0 Å². The molecule has 0 radical (unpaired) electrons. The largest absolute Gasteiger partial charge is 0.456 e. The maximum atomic E-state index is 6.09. The van der Waals surface area contributed by atoms with Crippen molar-refractivity contribution < 1.29 is 4.42 Å². The van der Waals surface area contributed by atoms with Crippen molar-refractivity contribution >= 4 is 16.5 Å². The fraction of sp³-hybridized carbons (Fsp3) is 0.100. The Morgan fingerprint density at radius 3 is 2.57 bits per heavy atom. The average Bonchev–Trinajstić information content (AvgIpc) is 2.82. The molecule has 0 amide bonds. The molecule has 0 fully saturated rings. The molecule has 1 nitrogen and oxygen atoms in total. The smallest absolute Gasteiger partial charge is 0.138 e. The second kappa shape index (κ2) is 5.45. The maximum absolute atomic E-state index is 6.09. The minimum atomic E-state index is 0.918. The van der Waals surface area contributed by atoms with Gasteiger partial charge in [-0.3, -0.25) is 0 Å². The lowest BCUT2D eigenvalue weighted by Crippen LogP contribution is -1.89. The number of allylic oxidation sites excluding steroid dienone is 2. The summed E-state index contributed by atoms with van der Waals surface area (Å²) in [5, 5.41) is 1.16. The predicted molar refractivity (Wildman–Crippen MR) is 89.4 cm³/mol. The lowest BCUT2D eigenvalue weighted by molar-refractivity contribution is 0.597. The highest BCUT2D eigenvalue weighted by Crippen LogP contribution is 2.33. The monoisotopic (exact) mass is 274 g/mol. The van der Waals surface area contributed by atoms with Crippen LogP contribution in [-0.4, -0.2) is 0 Å². The van der Waals surface area contributed by atoms with Crippen LogP contribution in [0.5, 0.6) is 0 Å². The number of benzene rings is 2. The quantitative estimate of drug-likeness (QED) is 0.561. The first-order valence-electron chi connectivity index (χ1n) is 7.09. The molecule has 0 aliphatic heterocycles. The highest BCUT2D eigenvalue weighted by molar-refractivity contribution is 5.90. The fourth-order valence-corrected chi connectivity index (χ4v) is 2.66. The third kappa shape index (κ3) is 2.43. The van der Waals surface area contributed by atoms with E-state index in [0.717, 1.165) is 27.9 Å². The van der Waals surface area contributed by atoms with E-state index in [2.05, 4.69) is 50.8 Å². The molecule has 0 bridgehead atoms. The summed E-state index contributed by atoms with van der Waals surface area (Å²) in [6.45, 7) is 8.04. The first-order chi connectivity index (χ1) is 10.2. The molecule has 0 aliphatic rings. The van der Waals surface area contributed by atoms with Gasteiger partial charge in [0.25, 0.3) is 0 Å². The number of para-hydroxylation sites is 1. The fourth-order valence-electron chi connectivity index (χ4n) is 2.66. The van der Waals surface area contributed by atoms with Crippen LogP contribution in [0.1, 0.15) is 22.5 Å². The summed E-state index contributed by atoms with van der Waals surface area (Å²) in [4.78, 5) is 0. The summed E-state index contributed by atoms with van der Waals surface area (Å²) in [7, 11) is 0. The van der Waals surface area contributed by atoms with E-state index < -0.39 is 0 Å². The van der Waals surface area contributed by atoms with Crippen LogP contribution in [0, 0.1) is 13.8 Å². The van der Waals surface area contributed by atoms with Crippen molar-refractivity contribution in [2.24, 2.45) is 0 Å². The molecule has 0 atom stereocenters. The van der Waals surface area contributed by atoms with Crippen molar-refractivity contribution in [2.45, 2.75) is 13.8 Å². The molecule has 0 aliphatic carbocycles. The molecule has 3 rings (SSSR count). The van der Waals surface area contributed by atoms with Gasteiger partial charge in [-0.05, 0) is 25.5 Å². The zero-order valence-corrected chi connectivity index (χ0v) is 12.4. The van der Waals surface area contributed by atoms with Crippen molar-refractivity contribution in [2.75, 3.05) is 0 Å². The van der Waals surface area contributed by atoms with E-state index in [1.807, 2.05) is 30.4 Å². The van der Waals surface area contributed by atoms with Gasteiger partial charge in [-0.25, -0.2) is 0 Å². The second-order valence-corrected chi connectivity index (χ2v) is 5.24. The normalized spacial score (nSPS) is 11.8. The summed E-state index contributed by atoms with van der Waals surface area (Å²) in [6.07, 6.45) is 3.82. The standard InChI is InChI=1S/C20H18O/c1-4-8-18(16-10-7-9-14(2)13-16)20-15(3)17-11-5-6-12-19(17)21-20/h4-13H,1H2,2-3H3/b18-8-. The van der Waals surface area contributed by atoms with Gasteiger partial charge in [0.05, 0.1) is 0 Å². The Labute approximate surface area is 125 Å². The van der Waals surface area contributed by atoms with Gasteiger partial charge < -0.3 is 4.42 Å². The predicted octanol–water partition coefficient (Wildman–Crippen LogP) is 5.67. The zero-order valence-electron chi connectivity index (χ0n) is 12.4. The van der Waals surface area contributed by atoms with Gasteiger partial charge in [0, 0.05) is 16.5 Å². The lowest BCUT2D eigenvalue weighted by Gasteiger charge is -2.07. The first-order valence-corrected chi connectivity index (χ1v) is 7.09. The third-order valence-electron chi connectivity index (χ3n) is 3.70. The van der Waals surface area contributed by atoms with E-state index in [4.69, 9.17) is 4.42 Å².